The van der Waals surface area contributed by atoms with Crippen molar-refractivity contribution in [2.45, 2.75) is 117 Å². The second kappa shape index (κ2) is 19.2. The maximum absolute atomic E-state index is 15.1. The number of nitrogens with one attached hydrogen (secondary N) is 1. The lowest BCUT2D eigenvalue weighted by Crippen LogP contribution is -2.74. The predicted molar refractivity (Wildman–Crippen MR) is 219 cm³/mol. The highest BCUT2D eigenvalue weighted by molar-refractivity contribution is 9.10. The van der Waals surface area contributed by atoms with Gasteiger partial charge in [-0.1, -0.05) is 95.3 Å². The maximum atomic E-state index is 15.1. The molecule has 0 aromatic heterocycles. The van der Waals surface area contributed by atoms with Crippen LogP contribution in [-0.2, 0) is 25.5 Å². The van der Waals surface area contributed by atoms with E-state index >= 15 is 13.6 Å². The molecule has 0 radical (unpaired) electrons. The summed E-state index contributed by atoms with van der Waals surface area (Å²) in [6, 6.07) is 14.9. The van der Waals surface area contributed by atoms with E-state index < -0.39 is 127 Å². The van der Waals surface area contributed by atoms with E-state index in [1.54, 1.807) is 6.07 Å². The van der Waals surface area contributed by atoms with Gasteiger partial charge in [-0.15, -0.1) is 0 Å². The maximum Gasteiger partial charge on any atom is 0.460 e. The Kier molecular flexibility index (Phi) is 15.0. The SMILES string of the molecule is O=C1[C@H]2[C@@H](c3ccc(Cl)cc3)N(C(=O)Nc3cccc(Br)c3)[C@@](Cc3ccccc3)(C(=O)OCCCC(F)(F)C(F)(F)C(F)(F)C(F)(F)C(F)(F)C(F)(F)C(F)(F)C(F)(F)F)[C@H]2C(=O)N1C1CCCCC1. The zero-order valence-corrected chi connectivity index (χ0v) is 38.1. The van der Waals surface area contributed by atoms with Gasteiger partial charge in [-0.05, 0) is 60.7 Å². The van der Waals surface area contributed by atoms with Crippen LogP contribution in [0.4, 0.5) is 85.1 Å². The van der Waals surface area contributed by atoms with Crippen molar-refractivity contribution in [2.75, 3.05) is 11.9 Å². The number of ether oxygens (including phenoxy) is 1. The molecule has 27 heteroatoms. The number of likely N-dealkylation sites (tertiary alicyclic amines) is 2. The minimum absolute atomic E-state index is 0.0424. The van der Waals surface area contributed by atoms with E-state index in [0.717, 1.165) is 16.2 Å². The number of amides is 4. The van der Waals surface area contributed by atoms with Crippen LogP contribution < -0.4 is 5.32 Å². The minimum atomic E-state index is -8.81. The first-order valence-electron chi connectivity index (χ1n) is 21.1. The number of anilines is 1. The lowest BCUT2D eigenvalue weighted by molar-refractivity contribution is -0.461. The number of carbonyl (C=O) groups excluding carboxylic acids is 4. The molecule has 1 saturated carbocycles. The quantitative estimate of drug-likeness (QED) is 0.0667. The molecule has 0 spiro atoms. The molecule has 3 aliphatic rings. The number of hydrogen-bond donors (Lipinski definition) is 1. The summed E-state index contributed by atoms with van der Waals surface area (Å²) in [4.78, 5) is 61.5. The van der Waals surface area contributed by atoms with Crippen LogP contribution in [0, 0.1) is 11.8 Å². The second-order valence-electron chi connectivity index (χ2n) is 17.1. The normalized spacial score (nSPS) is 22.2. The number of imide groups is 1. The van der Waals surface area contributed by atoms with Crippen LogP contribution in [0.1, 0.15) is 62.1 Å². The van der Waals surface area contributed by atoms with Crippen LogP contribution in [0.25, 0.3) is 0 Å². The molecule has 3 aromatic rings. The van der Waals surface area contributed by atoms with E-state index in [9.17, 15) is 80.2 Å². The average molecular weight is 1130 g/mol. The molecule has 3 aromatic carbocycles. The van der Waals surface area contributed by atoms with Crippen molar-refractivity contribution in [3.8, 4) is 0 Å². The zero-order valence-electron chi connectivity index (χ0n) is 35.8. The Bertz CT molecular complexity index is 2480. The summed E-state index contributed by atoms with van der Waals surface area (Å²) in [5.41, 5.74) is -2.49. The number of urea groups is 1. The molecule has 390 valence electrons. The third-order valence-corrected chi connectivity index (χ3v) is 13.5. The van der Waals surface area contributed by atoms with E-state index in [1.165, 1.54) is 72.8 Å². The van der Waals surface area contributed by atoms with Gasteiger partial charge in [0.05, 0.1) is 24.5 Å². The summed E-state index contributed by atoms with van der Waals surface area (Å²) in [5.74, 6) is -65.0. The number of fused-ring (bicyclic) bond motifs is 1. The van der Waals surface area contributed by atoms with Crippen LogP contribution in [0.3, 0.4) is 0 Å². The molecular weight excluding hydrogens is 1090 g/mol. The van der Waals surface area contributed by atoms with Crippen LogP contribution >= 0.6 is 27.5 Å². The fraction of sp³-hybridized carbons (Fsp3) is 0.500. The molecule has 2 aliphatic heterocycles. The van der Waals surface area contributed by atoms with E-state index in [-0.39, 0.29) is 21.8 Å². The van der Waals surface area contributed by atoms with Crippen molar-refractivity contribution >= 4 is 57.0 Å². The molecule has 6 rings (SSSR count). The fourth-order valence-corrected chi connectivity index (χ4v) is 9.73. The number of nitrogens with zero attached hydrogens (tertiary/aromatic N) is 2. The molecule has 1 aliphatic carbocycles. The highest BCUT2D eigenvalue weighted by atomic mass is 79.9. The molecule has 71 heavy (non-hydrogen) atoms. The number of alkyl halides is 17. The number of carbonyl (C=O) groups is 4. The van der Waals surface area contributed by atoms with Crippen molar-refractivity contribution in [1.82, 2.24) is 9.80 Å². The molecule has 1 N–H and O–H groups in total. The molecule has 3 fully saturated rings. The molecule has 2 saturated heterocycles. The first kappa shape index (κ1) is 55.4. The van der Waals surface area contributed by atoms with Crippen LogP contribution in [0.2, 0.25) is 5.02 Å². The van der Waals surface area contributed by atoms with Gasteiger partial charge in [0.2, 0.25) is 11.8 Å². The molecular formula is C44H36BrClF17N3O5. The van der Waals surface area contributed by atoms with Gasteiger partial charge >= 0.3 is 59.6 Å². The summed E-state index contributed by atoms with van der Waals surface area (Å²) in [5, 5.41) is 2.70. The Labute approximate surface area is 404 Å². The van der Waals surface area contributed by atoms with Gasteiger partial charge < -0.3 is 10.1 Å². The number of rotatable bonds is 16. The van der Waals surface area contributed by atoms with E-state index in [2.05, 4.69) is 21.2 Å². The van der Waals surface area contributed by atoms with Crippen molar-refractivity contribution in [3.63, 3.8) is 0 Å². The third kappa shape index (κ3) is 9.07. The van der Waals surface area contributed by atoms with Crippen LogP contribution in [0.5, 0.6) is 0 Å². The van der Waals surface area contributed by atoms with Crippen LogP contribution in [-0.4, -0.2) is 99.4 Å². The van der Waals surface area contributed by atoms with E-state index in [0.29, 0.717) is 30.2 Å². The first-order chi connectivity index (χ1) is 32.7. The molecule has 0 bridgehead atoms. The highest BCUT2D eigenvalue weighted by Crippen LogP contribution is 2.65. The number of esters is 1. The summed E-state index contributed by atoms with van der Waals surface area (Å²) in [6.07, 6.45) is -10.9. The first-order valence-corrected chi connectivity index (χ1v) is 22.2. The van der Waals surface area contributed by atoms with Gasteiger partial charge in [0, 0.05) is 34.1 Å². The average Bonchev–Trinajstić information content (AvgIpc) is 3.73. The summed E-state index contributed by atoms with van der Waals surface area (Å²) in [7, 11) is 0. The lowest BCUT2D eigenvalue weighted by Gasteiger charge is -2.43. The van der Waals surface area contributed by atoms with Gasteiger partial charge in [-0.3, -0.25) is 19.4 Å². The largest absolute Gasteiger partial charge is 0.464 e. The van der Waals surface area contributed by atoms with Gasteiger partial charge in [0.15, 0.2) is 5.54 Å². The second-order valence-corrected chi connectivity index (χ2v) is 18.5. The highest BCUT2D eigenvalue weighted by Gasteiger charge is 2.95. The third-order valence-electron chi connectivity index (χ3n) is 12.7. The Balaban J connectivity index is 1.41. The zero-order chi connectivity index (χ0) is 53.1. The van der Waals surface area contributed by atoms with Gasteiger partial charge in [0.25, 0.3) is 0 Å². The minimum Gasteiger partial charge on any atom is -0.464 e. The number of halogens is 19. The summed E-state index contributed by atoms with van der Waals surface area (Å²) < 4.78 is 244. The van der Waals surface area contributed by atoms with Crippen molar-refractivity contribution in [2.24, 2.45) is 11.8 Å². The van der Waals surface area contributed by atoms with E-state index in [4.69, 9.17) is 16.3 Å². The van der Waals surface area contributed by atoms with Crippen molar-refractivity contribution in [1.29, 1.82) is 0 Å². The fourth-order valence-electron chi connectivity index (χ4n) is 9.20. The van der Waals surface area contributed by atoms with Crippen molar-refractivity contribution in [3.05, 3.63) is 99.5 Å². The molecule has 2 heterocycles. The number of hydrogen-bond acceptors (Lipinski definition) is 5. The Morgan fingerprint density at radius 3 is 1.79 bits per heavy atom. The van der Waals surface area contributed by atoms with Crippen molar-refractivity contribution < 1.29 is 98.6 Å². The van der Waals surface area contributed by atoms with Gasteiger partial charge in [0.1, 0.15) is 0 Å². The number of benzene rings is 3. The monoisotopic (exact) mass is 1120 g/mol. The Morgan fingerprint density at radius 1 is 0.690 bits per heavy atom. The van der Waals surface area contributed by atoms with E-state index in [1.807, 2.05) is 0 Å². The summed E-state index contributed by atoms with van der Waals surface area (Å²) >= 11 is 9.42. The Hall–Kier alpha value is -4.88. The Morgan fingerprint density at radius 2 is 1.24 bits per heavy atom. The molecule has 4 atom stereocenters. The van der Waals surface area contributed by atoms with Gasteiger partial charge in [-0.25, -0.2) is 9.59 Å². The molecule has 8 nitrogen and oxygen atoms in total. The predicted octanol–water partition coefficient (Wildman–Crippen LogP) is 12.9. The van der Waals surface area contributed by atoms with Crippen LogP contribution in [0.15, 0.2) is 83.3 Å². The lowest BCUT2D eigenvalue weighted by atomic mass is 9.75. The van der Waals surface area contributed by atoms with Gasteiger partial charge in [-0.2, -0.15) is 74.6 Å². The molecule has 4 amide bonds. The topological polar surface area (TPSA) is 96.0 Å². The standard InChI is InChI=1S/C44H36BrClF17N3O5/c45-25-11-7-12-27(21-25)64-35(70)66-31(24-15-17-26(46)18-16-24)29-30(33(68)65(32(29)67)28-13-5-2-6-14-28)36(66,22-23-9-3-1-4-10-23)34(69)71-20-8-19-37(47,48)38(49,50)39(51,52)40(53,54)41(55,56)42(57,58)43(59,60)44(61,62)63/h1,3-4,7,9-12,15-18,21,28-31H,2,5-6,8,13-14,19-20,22H2,(H,64,70)/t29-,30-,31-,36-/m1/s1. The summed E-state index contributed by atoms with van der Waals surface area (Å²) in [6.45, 7) is -1.67. The molecule has 0 unspecified atom stereocenters. The smallest absolute Gasteiger partial charge is 0.460 e.